The van der Waals surface area contributed by atoms with E-state index in [-0.39, 0.29) is 4.90 Å². The summed E-state index contributed by atoms with van der Waals surface area (Å²) in [5, 5.41) is 0. The fraction of sp³-hybridized carbons (Fsp3) is 0.250. The molecule has 2 aromatic heterocycles. The number of sulfonamides is 1. The number of nitrogens with zero attached hydrogens (tertiary/aromatic N) is 2. The molecule has 7 nitrogen and oxygen atoms in total. The van der Waals surface area contributed by atoms with Crippen molar-refractivity contribution in [2.24, 2.45) is 0 Å². The molecule has 1 aliphatic rings. The molecular weight excluding hydrogens is 328 g/mol. The average Bonchev–Trinajstić information content (AvgIpc) is 3.29. The molecule has 1 aromatic carbocycles. The molecule has 3 aromatic rings. The number of nitrogens with two attached hydrogens (primary N) is 1. The van der Waals surface area contributed by atoms with Gasteiger partial charge >= 0.3 is 0 Å². The molecule has 0 unspecified atom stereocenters. The lowest BCUT2D eigenvalue weighted by atomic mass is 10.3. The zero-order chi connectivity index (χ0) is 16.9. The van der Waals surface area contributed by atoms with Gasteiger partial charge in [-0.2, -0.15) is 0 Å². The van der Waals surface area contributed by atoms with Crippen molar-refractivity contribution in [3.63, 3.8) is 0 Å². The first-order chi connectivity index (χ1) is 11.4. The summed E-state index contributed by atoms with van der Waals surface area (Å²) in [6, 6.07) is 6.53. The molecule has 0 radical (unpaired) electrons. The van der Waals surface area contributed by atoms with Crippen LogP contribution in [0.25, 0.3) is 11.1 Å². The van der Waals surface area contributed by atoms with Gasteiger partial charge in [-0.1, -0.05) is 0 Å². The molecular formula is C16H16N4O3S. The van der Waals surface area contributed by atoms with Crippen molar-refractivity contribution < 1.29 is 12.8 Å². The van der Waals surface area contributed by atoms with E-state index in [2.05, 4.69) is 14.7 Å². The fourth-order valence-electron chi connectivity index (χ4n) is 2.43. The largest absolute Gasteiger partial charge is 0.440 e. The number of hydrogen-bond donors (Lipinski definition) is 2. The van der Waals surface area contributed by atoms with Crippen molar-refractivity contribution in [1.82, 2.24) is 9.97 Å². The number of fused-ring (bicyclic) bond motifs is 1. The number of hydrogen-bond acceptors (Lipinski definition) is 6. The van der Waals surface area contributed by atoms with Gasteiger partial charge in [0.05, 0.1) is 5.69 Å². The summed E-state index contributed by atoms with van der Waals surface area (Å²) in [6.45, 7) is 1.71. The number of pyridine rings is 1. The summed E-state index contributed by atoms with van der Waals surface area (Å²) in [5.41, 5.74) is 7.97. The van der Waals surface area contributed by atoms with Crippen LogP contribution in [0.1, 0.15) is 30.2 Å². The molecule has 1 saturated carbocycles. The number of benzene rings is 1. The number of nitrogens with one attached hydrogen (secondary N) is 1. The number of oxazole rings is 1. The number of aromatic nitrogens is 2. The lowest BCUT2D eigenvalue weighted by molar-refractivity contribution is 0.533. The Kier molecular flexibility index (Phi) is 3.24. The molecule has 124 valence electrons. The van der Waals surface area contributed by atoms with Gasteiger partial charge in [-0.15, -0.1) is 0 Å². The van der Waals surface area contributed by atoms with E-state index < -0.39 is 10.0 Å². The molecule has 0 atom stereocenters. The van der Waals surface area contributed by atoms with Crippen LogP contribution in [-0.4, -0.2) is 18.4 Å². The highest BCUT2D eigenvalue weighted by Gasteiger charge is 2.29. The predicted octanol–water partition coefficient (Wildman–Crippen LogP) is 2.79. The van der Waals surface area contributed by atoms with Gasteiger partial charge in [0.2, 0.25) is 0 Å². The van der Waals surface area contributed by atoms with Crippen LogP contribution in [-0.2, 0) is 10.0 Å². The molecule has 24 heavy (non-hydrogen) atoms. The number of rotatable bonds is 4. The van der Waals surface area contributed by atoms with E-state index in [1.54, 1.807) is 25.1 Å². The molecule has 0 bridgehead atoms. The summed E-state index contributed by atoms with van der Waals surface area (Å²) in [4.78, 5) is 8.39. The Morgan fingerprint density at radius 3 is 2.79 bits per heavy atom. The molecule has 0 saturated heterocycles. The SMILES string of the molecule is Cc1cc(S(=O)(=O)Nc2ccc3oc(C4CC4)nc3c2)cnc1N. The van der Waals surface area contributed by atoms with Gasteiger partial charge < -0.3 is 10.2 Å². The predicted molar refractivity (Wildman–Crippen MR) is 90.2 cm³/mol. The van der Waals surface area contributed by atoms with Crippen molar-refractivity contribution >= 4 is 32.6 Å². The standard InChI is InChI=1S/C16H16N4O3S/c1-9-6-12(8-18-15(9)17)24(21,22)20-11-4-5-14-13(7-11)19-16(23-14)10-2-3-10/h4-8,10,20H,2-3H2,1H3,(H2,17,18). The van der Waals surface area contributed by atoms with E-state index in [0.29, 0.717) is 34.1 Å². The maximum absolute atomic E-state index is 12.5. The first kappa shape index (κ1) is 14.9. The van der Waals surface area contributed by atoms with Crippen LogP contribution >= 0.6 is 0 Å². The van der Waals surface area contributed by atoms with Gasteiger partial charge in [-0.05, 0) is 49.6 Å². The van der Waals surface area contributed by atoms with Crippen LogP contribution in [0.15, 0.2) is 39.8 Å². The van der Waals surface area contributed by atoms with Gasteiger partial charge in [-0.25, -0.2) is 18.4 Å². The second kappa shape index (κ2) is 5.20. The van der Waals surface area contributed by atoms with Gasteiger partial charge in [0.25, 0.3) is 10.0 Å². The van der Waals surface area contributed by atoms with Crippen molar-refractivity contribution in [1.29, 1.82) is 0 Å². The Morgan fingerprint density at radius 2 is 2.08 bits per heavy atom. The van der Waals surface area contributed by atoms with Gasteiger partial charge in [-0.3, -0.25) is 4.72 Å². The Bertz CT molecular complexity index is 1040. The summed E-state index contributed by atoms with van der Waals surface area (Å²) < 4.78 is 33.2. The highest BCUT2D eigenvalue weighted by atomic mass is 32.2. The van der Waals surface area contributed by atoms with Crippen LogP contribution in [0.2, 0.25) is 0 Å². The van der Waals surface area contributed by atoms with Crippen molar-refractivity contribution in [3.8, 4) is 0 Å². The Balaban J connectivity index is 1.65. The molecule has 1 fully saturated rings. The molecule has 2 heterocycles. The number of nitrogen functional groups attached to an aromatic ring is 1. The lowest BCUT2D eigenvalue weighted by Crippen LogP contribution is -2.14. The van der Waals surface area contributed by atoms with Crippen LogP contribution < -0.4 is 10.5 Å². The lowest BCUT2D eigenvalue weighted by Gasteiger charge is -2.09. The minimum atomic E-state index is -3.74. The first-order valence-electron chi connectivity index (χ1n) is 7.58. The summed E-state index contributed by atoms with van der Waals surface area (Å²) in [6.07, 6.45) is 3.43. The summed E-state index contributed by atoms with van der Waals surface area (Å²) in [5.74, 6) is 1.44. The quantitative estimate of drug-likeness (QED) is 0.753. The summed E-state index contributed by atoms with van der Waals surface area (Å²) in [7, 11) is -3.74. The monoisotopic (exact) mass is 344 g/mol. The third-order valence-electron chi connectivity index (χ3n) is 3.99. The van der Waals surface area contributed by atoms with E-state index in [9.17, 15) is 8.42 Å². The smallest absolute Gasteiger partial charge is 0.263 e. The minimum Gasteiger partial charge on any atom is -0.440 e. The zero-order valence-corrected chi connectivity index (χ0v) is 13.8. The fourth-order valence-corrected chi connectivity index (χ4v) is 3.51. The molecule has 0 amide bonds. The maximum Gasteiger partial charge on any atom is 0.263 e. The number of aryl methyl sites for hydroxylation is 1. The van der Waals surface area contributed by atoms with Crippen LogP contribution in [0, 0.1) is 6.92 Å². The molecule has 4 rings (SSSR count). The second-order valence-electron chi connectivity index (χ2n) is 5.99. The van der Waals surface area contributed by atoms with E-state index in [0.717, 1.165) is 18.7 Å². The van der Waals surface area contributed by atoms with Crippen molar-refractivity contribution in [2.45, 2.75) is 30.6 Å². The first-order valence-corrected chi connectivity index (χ1v) is 9.06. The second-order valence-corrected chi connectivity index (χ2v) is 7.67. The molecule has 8 heteroatoms. The highest BCUT2D eigenvalue weighted by molar-refractivity contribution is 7.92. The van der Waals surface area contributed by atoms with Gasteiger partial charge in [0.1, 0.15) is 16.2 Å². The third-order valence-corrected chi connectivity index (χ3v) is 5.34. The normalized spacial score (nSPS) is 14.9. The molecule has 0 aliphatic heterocycles. The van der Waals surface area contributed by atoms with Gasteiger partial charge in [0.15, 0.2) is 11.5 Å². The molecule has 0 spiro atoms. The topological polar surface area (TPSA) is 111 Å². The zero-order valence-electron chi connectivity index (χ0n) is 13.0. The minimum absolute atomic E-state index is 0.0631. The van der Waals surface area contributed by atoms with Crippen LogP contribution in [0.3, 0.4) is 0 Å². The van der Waals surface area contributed by atoms with Gasteiger partial charge in [0, 0.05) is 12.1 Å². The number of anilines is 2. The van der Waals surface area contributed by atoms with E-state index in [4.69, 9.17) is 10.2 Å². The van der Waals surface area contributed by atoms with Crippen molar-refractivity contribution in [2.75, 3.05) is 10.5 Å². The Labute approximate surface area is 139 Å². The van der Waals surface area contributed by atoms with E-state index in [1.807, 2.05) is 0 Å². The van der Waals surface area contributed by atoms with Crippen LogP contribution in [0.4, 0.5) is 11.5 Å². The van der Waals surface area contributed by atoms with E-state index in [1.165, 1.54) is 12.3 Å². The average molecular weight is 344 g/mol. The Morgan fingerprint density at radius 1 is 1.29 bits per heavy atom. The Hall–Kier alpha value is -2.61. The van der Waals surface area contributed by atoms with Crippen LogP contribution in [0.5, 0.6) is 0 Å². The third kappa shape index (κ3) is 2.69. The molecule has 1 aliphatic carbocycles. The van der Waals surface area contributed by atoms with Crippen molar-refractivity contribution in [3.05, 3.63) is 41.9 Å². The highest BCUT2D eigenvalue weighted by Crippen LogP contribution is 2.40. The van der Waals surface area contributed by atoms with E-state index >= 15 is 0 Å². The maximum atomic E-state index is 12.5. The summed E-state index contributed by atoms with van der Waals surface area (Å²) >= 11 is 0. The molecule has 3 N–H and O–H groups in total.